The lowest BCUT2D eigenvalue weighted by atomic mass is 9.86. The highest BCUT2D eigenvalue weighted by atomic mass is 35.5. The van der Waals surface area contributed by atoms with Gasteiger partial charge in [-0.05, 0) is 32.4 Å². The molecule has 3 nitrogen and oxygen atoms in total. The minimum Gasteiger partial charge on any atom is -0.465 e. The van der Waals surface area contributed by atoms with Crippen LogP contribution < -0.4 is 0 Å². The summed E-state index contributed by atoms with van der Waals surface area (Å²) in [6.07, 6.45) is 1.60. The second-order valence-electron chi connectivity index (χ2n) is 3.72. The number of carbonyl (C=O) groups excluding carboxylic acids is 1. The minimum atomic E-state index is -0.687. The number of rotatable bonds is 3. The maximum atomic E-state index is 11.7. The summed E-state index contributed by atoms with van der Waals surface area (Å²) in [4.78, 5) is 15.6. The van der Waals surface area contributed by atoms with Crippen molar-refractivity contribution in [3.05, 3.63) is 29.0 Å². The first-order valence-corrected chi connectivity index (χ1v) is 5.15. The second-order valence-corrected chi connectivity index (χ2v) is 4.10. The zero-order valence-electron chi connectivity index (χ0n) is 9.08. The average molecular weight is 228 g/mol. The highest BCUT2D eigenvalue weighted by Gasteiger charge is 2.31. The van der Waals surface area contributed by atoms with Gasteiger partial charge in [0.05, 0.1) is 12.0 Å². The Balaban J connectivity index is 2.94. The van der Waals surface area contributed by atoms with Crippen molar-refractivity contribution in [2.45, 2.75) is 26.2 Å². The fraction of sp³-hybridized carbons (Fsp3) is 0.455. The number of ether oxygens (including phenoxy) is 1. The maximum Gasteiger partial charge on any atom is 0.316 e. The molecule has 1 aromatic rings. The van der Waals surface area contributed by atoms with Crippen LogP contribution in [0.3, 0.4) is 0 Å². The molecule has 0 atom stereocenters. The van der Waals surface area contributed by atoms with E-state index in [1.807, 2.05) is 0 Å². The number of esters is 1. The van der Waals surface area contributed by atoms with Gasteiger partial charge in [0.25, 0.3) is 0 Å². The molecule has 0 aromatic carbocycles. The van der Waals surface area contributed by atoms with Crippen LogP contribution in [0.1, 0.15) is 26.3 Å². The molecule has 0 aliphatic carbocycles. The van der Waals surface area contributed by atoms with Gasteiger partial charge in [0.15, 0.2) is 0 Å². The van der Waals surface area contributed by atoms with Gasteiger partial charge in [0, 0.05) is 6.20 Å². The number of aromatic nitrogens is 1. The lowest BCUT2D eigenvalue weighted by molar-refractivity contribution is -0.148. The summed E-state index contributed by atoms with van der Waals surface area (Å²) in [6.45, 7) is 5.77. The molecular weight excluding hydrogens is 214 g/mol. The largest absolute Gasteiger partial charge is 0.465 e. The molecule has 0 aliphatic heterocycles. The van der Waals surface area contributed by atoms with Crippen LogP contribution in [-0.4, -0.2) is 17.6 Å². The van der Waals surface area contributed by atoms with Crippen LogP contribution in [0.4, 0.5) is 0 Å². The Hall–Kier alpha value is -1.09. The van der Waals surface area contributed by atoms with Crippen molar-refractivity contribution in [2.24, 2.45) is 0 Å². The van der Waals surface area contributed by atoms with E-state index < -0.39 is 5.41 Å². The molecule has 0 spiro atoms. The molecule has 1 aromatic heterocycles. The monoisotopic (exact) mass is 227 g/mol. The molecule has 0 fully saturated rings. The smallest absolute Gasteiger partial charge is 0.316 e. The molecule has 0 N–H and O–H groups in total. The Morgan fingerprint density at radius 3 is 2.67 bits per heavy atom. The Bertz CT molecular complexity index is 346. The number of hydrogen-bond acceptors (Lipinski definition) is 3. The Morgan fingerprint density at radius 2 is 2.20 bits per heavy atom. The highest BCUT2D eigenvalue weighted by molar-refractivity contribution is 6.29. The first-order chi connectivity index (χ1) is 6.98. The van der Waals surface area contributed by atoms with Crippen molar-refractivity contribution in [3.63, 3.8) is 0 Å². The third kappa shape index (κ3) is 2.69. The van der Waals surface area contributed by atoms with Crippen molar-refractivity contribution < 1.29 is 9.53 Å². The van der Waals surface area contributed by atoms with E-state index in [4.69, 9.17) is 16.3 Å². The van der Waals surface area contributed by atoms with Gasteiger partial charge in [-0.3, -0.25) is 4.79 Å². The Labute approximate surface area is 94.4 Å². The van der Waals surface area contributed by atoms with Crippen molar-refractivity contribution in [2.75, 3.05) is 6.61 Å². The maximum absolute atomic E-state index is 11.7. The normalized spacial score (nSPS) is 11.2. The molecule has 15 heavy (non-hydrogen) atoms. The van der Waals surface area contributed by atoms with Gasteiger partial charge < -0.3 is 4.74 Å². The van der Waals surface area contributed by atoms with Crippen LogP contribution in [0.25, 0.3) is 0 Å². The van der Waals surface area contributed by atoms with Crippen LogP contribution >= 0.6 is 11.6 Å². The first-order valence-electron chi connectivity index (χ1n) is 4.77. The standard InChI is InChI=1S/C11H14ClNO2/c1-4-15-10(14)11(2,3)8-5-6-9(12)13-7-8/h5-7H,4H2,1-3H3. The summed E-state index contributed by atoms with van der Waals surface area (Å²) >= 11 is 5.68. The van der Waals surface area contributed by atoms with E-state index in [0.29, 0.717) is 11.8 Å². The van der Waals surface area contributed by atoms with Crippen LogP contribution in [0.15, 0.2) is 18.3 Å². The van der Waals surface area contributed by atoms with Crippen LogP contribution in [0, 0.1) is 0 Å². The van der Waals surface area contributed by atoms with Crippen molar-refractivity contribution in [1.82, 2.24) is 4.98 Å². The molecule has 0 unspecified atom stereocenters. The van der Waals surface area contributed by atoms with Crippen molar-refractivity contribution in [3.8, 4) is 0 Å². The second kappa shape index (κ2) is 4.62. The van der Waals surface area contributed by atoms with Crippen LogP contribution in [0.2, 0.25) is 5.15 Å². The van der Waals surface area contributed by atoms with Gasteiger partial charge in [-0.25, -0.2) is 4.98 Å². The number of nitrogens with zero attached hydrogens (tertiary/aromatic N) is 1. The van der Waals surface area contributed by atoms with Crippen LogP contribution in [0.5, 0.6) is 0 Å². The van der Waals surface area contributed by atoms with Gasteiger partial charge >= 0.3 is 5.97 Å². The SMILES string of the molecule is CCOC(=O)C(C)(C)c1ccc(Cl)nc1. The number of pyridine rings is 1. The minimum absolute atomic E-state index is 0.255. The molecule has 0 saturated heterocycles. The van der Waals surface area contributed by atoms with Crippen molar-refractivity contribution >= 4 is 17.6 Å². The molecule has 0 aliphatic rings. The fourth-order valence-electron chi connectivity index (χ4n) is 1.17. The topological polar surface area (TPSA) is 39.2 Å². The summed E-state index contributed by atoms with van der Waals surface area (Å²) in [6, 6.07) is 3.45. The van der Waals surface area contributed by atoms with E-state index >= 15 is 0 Å². The fourth-order valence-corrected chi connectivity index (χ4v) is 1.29. The summed E-state index contributed by atoms with van der Waals surface area (Å²) < 4.78 is 4.99. The quantitative estimate of drug-likeness (QED) is 0.589. The summed E-state index contributed by atoms with van der Waals surface area (Å²) in [5.74, 6) is -0.255. The molecule has 1 rings (SSSR count). The van der Waals surface area contributed by atoms with Gasteiger partial charge in [0.2, 0.25) is 0 Å². The van der Waals surface area contributed by atoms with Crippen LogP contribution in [-0.2, 0) is 14.9 Å². The van der Waals surface area contributed by atoms with E-state index in [1.165, 1.54) is 0 Å². The first kappa shape index (κ1) is 12.0. The molecular formula is C11H14ClNO2. The van der Waals surface area contributed by atoms with E-state index in [0.717, 1.165) is 5.56 Å². The number of hydrogen-bond donors (Lipinski definition) is 0. The lowest BCUT2D eigenvalue weighted by Gasteiger charge is -2.22. The van der Waals surface area contributed by atoms with E-state index in [-0.39, 0.29) is 5.97 Å². The molecule has 4 heteroatoms. The number of carbonyl (C=O) groups is 1. The summed E-state index contributed by atoms with van der Waals surface area (Å²) in [5.41, 5.74) is 0.110. The van der Waals surface area contributed by atoms with Gasteiger partial charge in [-0.2, -0.15) is 0 Å². The lowest BCUT2D eigenvalue weighted by Crippen LogP contribution is -2.31. The Morgan fingerprint density at radius 1 is 1.53 bits per heavy atom. The zero-order chi connectivity index (χ0) is 11.5. The third-order valence-electron chi connectivity index (χ3n) is 2.23. The predicted octanol–water partition coefficient (Wildman–Crippen LogP) is 2.58. The van der Waals surface area contributed by atoms with E-state index in [1.54, 1.807) is 39.1 Å². The van der Waals surface area contributed by atoms with Gasteiger partial charge in [0.1, 0.15) is 5.15 Å². The molecule has 1 heterocycles. The van der Waals surface area contributed by atoms with Gasteiger partial charge in [-0.15, -0.1) is 0 Å². The molecule has 82 valence electrons. The summed E-state index contributed by atoms with van der Waals surface area (Å²) in [5, 5.41) is 0.415. The Kier molecular flexibility index (Phi) is 3.69. The van der Waals surface area contributed by atoms with E-state index in [9.17, 15) is 4.79 Å². The molecule has 0 bridgehead atoms. The van der Waals surface area contributed by atoms with Gasteiger partial charge in [-0.1, -0.05) is 17.7 Å². The summed E-state index contributed by atoms with van der Waals surface area (Å²) in [7, 11) is 0. The predicted molar refractivity (Wildman–Crippen MR) is 58.9 cm³/mol. The number of halogens is 1. The molecule has 0 saturated carbocycles. The average Bonchev–Trinajstić information content (AvgIpc) is 2.18. The molecule has 0 radical (unpaired) electrons. The van der Waals surface area contributed by atoms with Crippen molar-refractivity contribution in [1.29, 1.82) is 0 Å². The third-order valence-corrected chi connectivity index (χ3v) is 2.46. The van der Waals surface area contributed by atoms with E-state index in [2.05, 4.69) is 4.98 Å². The zero-order valence-corrected chi connectivity index (χ0v) is 9.84. The molecule has 0 amide bonds. The highest BCUT2D eigenvalue weighted by Crippen LogP contribution is 2.24.